The molecule has 4 N–H and O–H groups in total. The van der Waals surface area contributed by atoms with Gasteiger partial charge in [-0.3, -0.25) is 0 Å². The number of rotatable bonds is 5. The minimum absolute atomic E-state index is 0.251. The monoisotopic (exact) mass is 206 g/mol. The molecule has 0 rings (SSSR count). The van der Waals surface area contributed by atoms with Gasteiger partial charge in [0.05, 0.1) is 24.9 Å². The molecule has 14 heavy (non-hydrogen) atoms. The minimum Gasteiger partial charge on any atom is -0.396 e. The molecule has 0 aromatic rings. The zero-order valence-electron chi connectivity index (χ0n) is 9.36. The lowest BCUT2D eigenvalue weighted by molar-refractivity contribution is -0.192. The van der Waals surface area contributed by atoms with Crippen LogP contribution in [0.5, 0.6) is 0 Å². The highest BCUT2D eigenvalue weighted by atomic mass is 16.3. The van der Waals surface area contributed by atoms with Crippen molar-refractivity contribution in [2.75, 3.05) is 13.2 Å². The number of aliphatic hydroxyl groups excluding tert-OH is 3. The summed E-state index contributed by atoms with van der Waals surface area (Å²) in [6.45, 7) is 5.69. The van der Waals surface area contributed by atoms with Gasteiger partial charge in [-0.05, 0) is 12.8 Å². The van der Waals surface area contributed by atoms with Gasteiger partial charge >= 0.3 is 0 Å². The fourth-order valence-corrected chi connectivity index (χ4v) is 1.65. The molecular formula is C10H22O4. The maximum absolute atomic E-state index is 10.2. The average molecular weight is 206 g/mol. The molecule has 0 amide bonds. The van der Waals surface area contributed by atoms with Crippen molar-refractivity contribution in [3.05, 3.63) is 0 Å². The van der Waals surface area contributed by atoms with Crippen LogP contribution in [0.2, 0.25) is 0 Å². The smallest absolute Gasteiger partial charge is 0.0999 e. The van der Waals surface area contributed by atoms with E-state index in [1.54, 1.807) is 20.8 Å². The highest BCUT2D eigenvalue weighted by Gasteiger charge is 2.51. The highest BCUT2D eigenvalue weighted by molar-refractivity contribution is 5.00. The second kappa shape index (κ2) is 4.57. The molecule has 0 aliphatic rings. The van der Waals surface area contributed by atoms with Gasteiger partial charge in [0.1, 0.15) is 0 Å². The topological polar surface area (TPSA) is 80.9 Å². The predicted octanol–water partition coefficient (Wildman–Crippen LogP) is -0.255. The number of hydrogen-bond donors (Lipinski definition) is 4. The number of aliphatic hydroxyl groups is 4. The van der Waals surface area contributed by atoms with Gasteiger partial charge in [-0.1, -0.05) is 20.8 Å². The molecule has 0 aliphatic heterocycles. The van der Waals surface area contributed by atoms with Crippen LogP contribution in [0.1, 0.15) is 27.7 Å². The van der Waals surface area contributed by atoms with E-state index in [1.165, 1.54) is 6.92 Å². The Bertz CT molecular complexity index is 161. The van der Waals surface area contributed by atoms with Crippen LogP contribution in [0.15, 0.2) is 0 Å². The minimum atomic E-state index is -1.48. The van der Waals surface area contributed by atoms with E-state index in [0.29, 0.717) is 0 Å². The van der Waals surface area contributed by atoms with Crippen molar-refractivity contribution in [2.24, 2.45) is 11.3 Å². The van der Waals surface area contributed by atoms with Gasteiger partial charge in [-0.2, -0.15) is 0 Å². The third-order valence-corrected chi connectivity index (χ3v) is 3.44. The van der Waals surface area contributed by atoms with Crippen LogP contribution in [-0.2, 0) is 0 Å². The summed E-state index contributed by atoms with van der Waals surface area (Å²) in [6, 6.07) is 0. The molecule has 4 nitrogen and oxygen atoms in total. The third kappa shape index (κ3) is 1.93. The number of hydrogen-bond acceptors (Lipinski definition) is 4. The Labute approximate surface area is 85.2 Å². The Hall–Kier alpha value is -0.160. The lowest BCUT2D eigenvalue weighted by Gasteiger charge is -2.47. The molecule has 3 atom stereocenters. The zero-order valence-corrected chi connectivity index (χ0v) is 9.36. The molecule has 0 heterocycles. The van der Waals surface area contributed by atoms with E-state index < -0.39 is 23.7 Å². The fourth-order valence-electron chi connectivity index (χ4n) is 1.65. The average Bonchev–Trinajstić information content (AvgIpc) is 2.14. The summed E-state index contributed by atoms with van der Waals surface area (Å²) in [7, 11) is 0. The molecule has 0 aliphatic carbocycles. The predicted molar refractivity (Wildman–Crippen MR) is 53.7 cm³/mol. The molecule has 3 unspecified atom stereocenters. The van der Waals surface area contributed by atoms with Crippen molar-refractivity contribution >= 4 is 0 Å². The molecule has 0 spiro atoms. The van der Waals surface area contributed by atoms with Crippen molar-refractivity contribution in [3.8, 4) is 0 Å². The molecule has 0 fully saturated rings. The lowest BCUT2D eigenvalue weighted by atomic mass is 9.65. The van der Waals surface area contributed by atoms with Crippen molar-refractivity contribution in [1.29, 1.82) is 0 Å². The Morgan fingerprint density at radius 1 is 1.07 bits per heavy atom. The van der Waals surface area contributed by atoms with Gasteiger partial charge in [-0.15, -0.1) is 0 Å². The van der Waals surface area contributed by atoms with Gasteiger partial charge in [0, 0.05) is 5.41 Å². The van der Waals surface area contributed by atoms with Gasteiger partial charge in [-0.25, -0.2) is 0 Å². The Kier molecular flexibility index (Phi) is 4.52. The van der Waals surface area contributed by atoms with Crippen LogP contribution in [0, 0.1) is 11.3 Å². The molecule has 4 heteroatoms. The summed E-state index contributed by atoms with van der Waals surface area (Å²) in [6.07, 6.45) is -0.896. The first kappa shape index (κ1) is 13.8. The van der Waals surface area contributed by atoms with Crippen LogP contribution in [0.3, 0.4) is 0 Å². The molecule has 0 saturated heterocycles. The maximum atomic E-state index is 10.2. The van der Waals surface area contributed by atoms with E-state index in [4.69, 9.17) is 0 Å². The Balaban J connectivity index is 5.15. The first-order valence-electron chi connectivity index (χ1n) is 4.88. The van der Waals surface area contributed by atoms with E-state index >= 15 is 0 Å². The standard InChI is InChI=1S/C10H22O4/c1-7(2)10(14,6-12)9(4,5-11)8(3)13/h7-8,11-14H,5-6H2,1-4H3. The van der Waals surface area contributed by atoms with Crippen LogP contribution in [0.25, 0.3) is 0 Å². The van der Waals surface area contributed by atoms with Crippen LogP contribution >= 0.6 is 0 Å². The van der Waals surface area contributed by atoms with Crippen LogP contribution in [0.4, 0.5) is 0 Å². The molecule has 0 saturated carbocycles. The van der Waals surface area contributed by atoms with Gasteiger partial charge in [0.15, 0.2) is 0 Å². The van der Waals surface area contributed by atoms with Crippen molar-refractivity contribution in [1.82, 2.24) is 0 Å². The van der Waals surface area contributed by atoms with Crippen LogP contribution < -0.4 is 0 Å². The maximum Gasteiger partial charge on any atom is 0.0999 e. The summed E-state index contributed by atoms with van der Waals surface area (Å²) >= 11 is 0. The van der Waals surface area contributed by atoms with Gasteiger partial charge in [0.25, 0.3) is 0 Å². The molecule has 0 aromatic carbocycles. The molecular weight excluding hydrogens is 184 g/mol. The largest absolute Gasteiger partial charge is 0.396 e. The highest BCUT2D eigenvalue weighted by Crippen LogP contribution is 2.39. The second-order valence-electron chi connectivity index (χ2n) is 4.49. The van der Waals surface area contributed by atoms with E-state index in [0.717, 1.165) is 0 Å². The van der Waals surface area contributed by atoms with E-state index in [2.05, 4.69) is 0 Å². The van der Waals surface area contributed by atoms with Crippen LogP contribution in [-0.4, -0.2) is 45.3 Å². The summed E-state index contributed by atoms with van der Waals surface area (Å²) in [5, 5.41) is 38.2. The summed E-state index contributed by atoms with van der Waals surface area (Å²) in [4.78, 5) is 0. The first-order chi connectivity index (χ1) is 6.26. The second-order valence-corrected chi connectivity index (χ2v) is 4.49. The van der Waals surface area contributed by atoms with E-state index in [9.17, 15) is 20.4 Å². The van der Waals surface area contributed by atoms with E-state index in [1.807, 2.05) is 0 Å². The Morgan fingerprint density at radius 2 is 1.50 bits per heavy atom. The summed E-state index contributed by atoms with van der Waals surface area (Å²) < 4.78 is 0. The zero-order chi connectivity index (χ0) is 11.6. The summed E-state index contributed by atoms with van der Waals surface area (Å²) in [5.41, 5.74) is -2.59. The van der Waals surface area contributed by atoms with E-state index in [-0.39, 0.29) is 12.5 Å². The lowest BCUT2D eigenvalue weighted by Crippen LogP contribution is -2.60. The van der Waals surface area contributed by atoms with Crippen molar-refractivity contribution in [2.45, 2.75) is 39.4 Å². The third-order valence-electron chi connectivity index (χ3n) is 3.44. The van der Waals surface area contributed by atoms with Gasteiger partial charge < -0.3 is 20.4 Å². The molecule has 0 bridgehead atoms. The molecule has 0 radical (unpaired) electrons. The molecule has 0 aromatic heterocycles. The molecule has 86 valence electrons. The normalized spacial score (nSPS) is 22.9. The van der Waals surface area contributed by atoms with Gasteiger partial charge in [0.2, 0.25) is 0 Å². The van der Waals surface area contributed by atoms with Crippen molar-refractivity contribution in [3.63, 3.8) is 0 Å². The SMILES string of the molecule is CC(O)C(C)(CO)C(O)(CO)C(C)C. The quantitative estimate of drug-likeness (QED) is 0.500. The first-order valence-corrected chi connectivity index (χ1v) is 4.88. The summed E-state index contributed by atoms with van der Waals surface area (Å²) in [5.74, 6) is -0.251. The Morgan fingerprint density at radius 3 is 1.57 bits per heavy atom. The fraction of sp³-hybridized carbons (Fsp3) is 1.00. The van der Waals surface area contributed by atoms with Crippen molar-refractivity contribution < 1.29 is 20.4 Å².